The molecule has 6 heteroatoms. The van der Waals surface area contributed by atoms with Gasteiger partial charge in [0.15, 0.2) is 0 Å². The molecule has 2 amide bonds. The van der Waals surface area contributed by atoms with E-state index >= 15 is 0 Å². The van der Waals surface area contributed by atoms with Crippen LogP contribution in [0.4, 0.5) is 5.69 Å². The second kappa shape index (κ2) is 10.2. The minimum absolute atomic E-state index is 0.0719. The summed E-state index contributed by atoms with van der Waals surface area (Å²) in [5.41, 5.74) is 3.11. The maximum Gasteiger partial charge on any atom is 0.258 e. The maximum atomic E-state index is 12.9. The Morgan fingerprint density at radius 1 is 1.07 bits per heavy atom. The number of hydrogen-bond donors (Lipinski definition) is 1. The van der Waals surface area contributed by atoms with E-state index in [1.54, 1.807) is 29.2 Å². The molecule has 0 unspecified atom stereocenters. The summed E-state index contributed by atoms with van der Waals surface area (Å²) < 4.78 is 5.33. The van der Waals surface area contributed by atoms with Gasteiger partial charge in [0.05, 0.1) is 13.2 Å². The van der Waals surface area contributed by atoms with E-state index < -0.39 is 0 Å². The lowest BCUT2D eigenvalue weighted by molar-refractivity contribution is 0.0383. The van der Waals surface area contributed by atoms with Gasteiger partial charge in [0.1, 0.15) is 0 Å². The molecule has 2 aromatic carbocycles. The summed E-state index contributed by atoms with van der Waals surface area (Å²) in [6.45, 7) is 9.26. The molecule has 6 nitrogen and oxygen atoms in total. The largest absolute Gasteiger partial charge is 0.379 e. The van der Waals surface area contributed by atoms with Crippen LogP contribution in [0.15, 0.2) is 48.5 Å². The SMILES string of the molecule is CCN(C(=O)c1ccc(C(=O)NCCN2CCOCC2)cc1)c1cccc(C)c1. The number of aryl methyl sites for hydroxylation is 1. The normalized spacial score (nSPS) is 14.4. The van der Waals surface area contributed by atoms with Crippen molar-refractivity contribution >= 4 is 17.5 Å². The average Bonchev–Trinajstić information content (AvgIpc) is 2.75. The summed E-state index contributed by atoms with van der Waals surface area (Å²) >= 11 is 0. The lowest BCUT2D eigenvalue weighted by atomic mass is 10.1. The highest BCUT2D eigenvalue weighted by molar-refractivity contribution is 6.06. The summed E-state index contributed by atoms with van der Waals surface area (Å²) in [6.07, 6.45) is 0. The molecule has 0 bridgehead atoms. The Hall–Kier alpha value is -2.70. The van der Waals surface area contributed by atoms with Crippen molar-refractivity contribution in [2.75, 3.05) is 50.8 Å². The van der Waals surface area contributed by atoms with Gasteiger partial charge in [-0.25, -0.2) is 0 Å². The van der Waals surface area contributed by atoms with Crippen molar-refractivity contribution in [3.63, 3.8) is 0 Å². The Balaban J connectivity index is 1.58. The molecule has 1 saturated heterocycles. The standard InChI is InChI=1S/C23H29N3O3/c1-3-26(21-6-4-5-18(2)17-21)23(28)20-9-7-19(8-10-20)22(27)24-11-12-25-13-15-29-16-14-25/h4-10,17H,3,11-16H2,1-2H3,(H,24,27). The molecule has 0 saturated carbocycles. The molecule has 3 rings (SSSR count). The fraction of sp³-hybridized carbons (Fsp3) is 0.391. The highest BCUT2D eigenvalue weighted by Gasteiger charge is 2.17. The van der Waals surface area contributed by atoms with Crippen LogP contribution in [0.3, 0.4) is 0 Å². The minimum Gasteiger partial charge on any atom is -0.379 e. The molecule has 1 heterocycles. The molecule has 2 aromatic rings. The van der Waals surface area contributed by atoms with Crippen LogP contribution in [0.2, 0.25) is 0 Å². The van der Waals surface area contributed by atoms with Crippen LogP contribution in [0.25, 0.3) is 0 Å². The highest BCUT2D eigenvalue weighted by Crippen LogP contribution is 2.19. The van der Waals surface area contributed by atoms with Gasteiger partial charge >= 0.3 is 0 Å². The number of nitrogens with one attached hydrogen (secondary N) is 1. The number of nitrogens with zero attached hydrogens (tertiary/aromatic N) is 2. The maximum absolute atomic E-state index is 12.9. The number of carbonyl (C=O) groups is 2. The van der Waals surface area contributed by atoms with Crippen LogP contribution >= 0.6 is 0 Å². The first kappa shape index (κ1) is 21.0. The van der Waals surface area contributed by atoms with E-state index in [0.717, 1.165) is 44.1 Å². The third kappa shape index (κ3) is 5.65. The number of ether oxygens (including phenoxy) is 1. The van der Waals surface area contributed by atoms with E-state index in [1.807, 2.05) is 38.1 Å². The lowest BCUT2D eigenvalue weighted by Crippen LogP contribution is -2.41. The molecule has 0 radical (unpaired) electrons. The number of anilines is 1. The predicted octanol–water partition coefficient (Wildman–Crippen LogP) is 2.72. The van der Waals surface area contributed by atoms with Crippen molar-refractivity contribution in [2.24, 2.45) is 0 Å². The summed E-state index contributed by atoms with van der Waals surface area (Å²) in [5.74, 6) is -0.194. The van der Waals surface area contributed by atoms with Gasteiger partial charge < -0.3 is 15.0 Å². The summed E-state index contributed by atoms with van der Waals surface area (Å²) in [4.78, 5) is 29.3. The topological polar surface area (TPSA) is 61.9 Å². The van der Waals surface area contributed by atoms with Gasteiger partial charge in [0, 0.05) is 49.5 Å². The molecule has 154 valence electrons. The fourth-order valence-corrected chi connectivity index (χ4v) is 3.41. The van der Waals surface area contributed by atoms with Gasteiger partial charge in [-0.1, -0.05) is 12.1 Å². The molecule has 29 heavy (non-hydrogen) atoms. The zero-order valence-electron chi connectivity index (χ0n) is 17.2. The van der Waals surface area contributed by atoms with E-state index in [2.05, 4.69) is 10.2 Å². The van der Waals surface area contributed by atoms with E-state index in [4.69, 9.17) is 4.74 Å². The smallest absolute Gasteiger partial charge is 0.258 e. The van der Waals surface area contributed by atoms with E-state index in [9.17, 15) is 9.59 Å². The van der Waals surface area contributed by atoms with Crippen molar-refractivity contribution < 1.29 is 14.3 Å². The molecular formula is C23H29N3O3. The van der Waals surface area contributed by atoms with Crippen molar-refractivity contribution in [1.29, 1.82) is 0 Å². The van der Waals surface area contributed by atoms with Gasteiger partial charge in [-0.05, 0) is 55.8 Å². The molecule has 1 fully saturated rings. The number of morpholine rings is 1. The molecule has 0 atom stereocenters. The van der Waals surface area contributed by atoms with Crippen molar-refractivity contribution in [3.05, 3.63) is 65.2 Å². The summed E-state index contributed by atoms with van der Waals surface area (Å²) in [5, 5.41) is 2.94. The predicted molar refractivity (Wildman–Crippen MR) is 115 cm³/mol. The second-order valence-electron chi connectivity index (χ2n) is 7.18. The van der Waals surface area contributed by atoms with Gasteiger partial charge in [-0.3, -0.25) is 14.5 Å². The van der Waals surface area contributed by atoms with Crippen LogP contribution in [0, 0.1) is 6.92 Å². The van der Waals surface area contributed by atoms with Crippen LogP contribution in [0.1, 0.15) is 33.2 Å². The first-order valence-corrected chi connectivity index (χ1v) is 10.2. The van der Waals surface area contributed by atoms with Crippen LogP contribution in [-0.4, -0.2) is 62.7 Å². The lowest BCUT2D eigenvalue weighted by Gasteiger charge is -2.26. The number of benzene rings is 2. The van der Waals surface area contributed by atoms with Gasteiger partial charge in [0.25, 0.3) is 11.8 Å². The number of hydrogen-bond acceptors (Lipinski definition) is 4. The molecular weight excluding hydrogens is 366 g/mol. The van der Waals surface area contributed by atoms with Gasteiger partial charge in [-0.15, -0.1) is 0 Å². The van der Waals surface area contributed by atoms with E-state index in [-0.39, 0.29) is 11.8 Å². The quantitative estimate of drug-likeness (QED) is 0.783. The molecule has 1 N–H and O–H groups in total. The second-order valence-corrected chi connectivity index (χ2v) is 7.18. The van der Waals surface area contributed by atoms with E-state index in [1.165, 1.54) is 0 Å². The zero-order valence-corrected chi connectivity index (χ0v) is 17.2. The van der Waals surface area contributed by atoms with Crippen molar-refractivity contribution in [2.45, 2.75) is 13.8 Å². The van der Waals surface area contributed by atoms with Crippen molar-refractivity contribution in [3.8, 4) is 0 Å². The van der Waals surface area contributed by atoms with Gasteiger partial charge in [0.2, 0.25) is 0 Å². The summed E-state index contributed by atoms with van der Waals surface area (Å²) in [6, 6.07) is 14.7. The van der Waals surface area contributed by atoms with Gasteiger partial charge in [-0.2, -0.15) is 0 Å². The number of amides is 2. The third-order valence-corrected chi connectivity index (χ3v) is 5.09. The Kier molecular flexibility index (Phi) is 7.38. The molecule has 0 spiro atoms. The number of rotatable bonds is 7. The first-order chi connectivity index (χ1) is 14.1. The van der Waals surface area contributed by atoms with Crippen LogP contribution in [-0.2, 0) is 4.74 Å². The average molecular weight is 396 g/mol. The van der Waals surface area contributed by atoms with Crippen LogP contribution < -0.4 is 10.2 Å². The zero-order chi connectivity index (χ0) is 20.6. The molecule has 0 aliphatic carbocycles. The Morgan fingerprint density at radius 3 is 2.41 bits per heavy atom. The molecule has 1 aliphatic heterocycles. The Bertz CT molecular complexity index is 830. The fourth-order valence-electron chi connectivity index (χ4n) is 3.41. The van der Waals surface area contributed by atoms with E-state index in [0.29, 0.717) is 24.2 Å². The molecule has 1 aliphatic rings. The first-order valence-electron chi connectivity index (χ1n) is 10.2. The summed E-state index contributed by atoms with van der Waals surface area (Å²) in [7, 11) is 0. The highest BCUT2D eigenvalue weighted by atomic mass is 16.5. The van der Waals surface area contributed by atoms with Crippen molar-refractivity contribution in [1.82, 2.24) is 10.2 Å². The monoisotopic (exact) mass is 395 g/mol. The molecule has 0 aromatic heterocycles. The third-order valence-electron chi connectivity index (χ3n) is 5.09. The Labute approximate surface area is 172 Å². The van der Waals surface area contributed by atoms with Crippen LogP contribution in [0.5, 0.6) is 0 Å². The number of carbonyl (C=O) groups excluding carboxylic acids is 2. The Morgan fingerprint density at radius 2 is 1.76 bits per heavy atom. The minimum atomic E-state index is -0.122.